The summed E-state index contributed by atoms with van der Waals surface area (Å²) >= 11 is 6.74. The molecule has 0 spiro atoms. The maximum absolute atomic E-state index is 5.11. The molecule has 0 fully saturated rings. The summed E-state index contributed by atoms with van der Waals surface area (Å²) in [5, 5.41) is 0. The molecule has 1 N–H and O–H groups in total. The molecule has 0 aliphatic carbocycles. The quantitative estimate of drug-likeness (QED) is 0.717. The van der Waals surface area contributed by atoms with Crippen LogP contribution in [0.15, 0.2) is 24.3 Å². The maximum atomic E-state index is 5.11. The van der Waals surface area contributed by atoms with Crippen molar-refractivity contribution < 1.29 is 0 Å². The first-order valence-electron chi connectivity index (χ1n) is 4.43. The number of nitrogens with one attached hydrogen (secondary N) is 1. The fourth-order valence-electron chi connectivity index (χ4n) is 1.38. The summed E-state index contributed by atoms with van der Waals surface area (Å²) in [4.78, 5) is 4.40. The zero-order valence-corrected chi connectivity index (χ0v) is 9.76. The highest BCUT2D eigenvalue weighted by molar-refractivity contribution is 7.73. The molecule has 0 aliphatic rings. The summed E-state index contributed by atoms with van der Waals surface area (Å²) in [6.45, 7) is 4.15. The van der Waals surface area contributed by atoms with Crippen LogP contribution >= 0.6 is 23.6 Å². The summed E-state index contributed by atoms with van der Waals surface area (Å²) < 4.78 is 0.845. The van der Waals surface area contributed by atoms with E-state index in [1.54, 1.807) is 11.3 Å². The van der Waals surface area contributed by atoms with Gasteiger partial charge in [-0.3, -0.25) is 0 Å². The van der Waals surface area contributed by atoms with E-state index in [0.717, 1.165) is 9.65 Å². The van der Waals surface area contributed by atoms with Crippen LogP contribution in [0, 0.1) is 17.8 Å². The molecule has 3 heteroatoms. The normalized spacial score (nSPS) is 10.4. The Morgan fingerprint density at radius 2 is 1.79 bits per heavy atom. The van der Waals surface area contributed by atoms with Gasteiger partial charge in [0, 0.05) is 5.69 Å². The average molecular weight is 221 g/mol. The van der Waals surface area contributed by atoms with Gasteiger partial charge in [-0.25, -0.2) is 0 Å². The van der Waals surface area contributed by atoms with Gasteiger partial charge in [-0.05, 0) is 31.6 Å². The number of benzene rings is 1. The second kappa shape index (κ2) is 3.67. The van der Waals surface area contributed by atoms with Crippen molar-refractivity contribution in [3.8, 4) is 10.4 Å². The number of hydrogen-bond donors (Lipinski definition) is 1. The number of hydrogen-bond acceptors (Lipinski definition) is 2. The number of aromatic amines is 1. The Labute approximate surface area is 92.4 Å². The van der Waals surface area contributed by atoms with Crippen LogP contribution in [-0.4, -0.2) is 4.98 Å². The fourth-order valence-corrected chi connectivity index (χ4v) is 2.64. The van der Waals surface area contributed by atoms with Gasteiger partial charge < -0.3 is 4.98 Å². The van der Waals surface area contributed by atoms with Crippen molar-refractivity contribution in [3.63, 3.8) is 0 Å². The van der Waals surface area contributed by atoms with Crippen molar-refractivity contribution in [2.24, 2.45) is 0 Å². The summed E-state index contributed by atoms with van der Waals surface area (Å²) in [5.74, 6) is 0. The Hall–Kier alpha value is -0.930. The van der Waals surface area contributed by atoms with E-state index in [2.05, 4.69) is 43.1 Å². The molecule has 0 bridgehead atoms. The Balaban J connectivity index is 2.54. The molecule has 2 rings (SSSR count). The lowest BCUT2D eigenvalue weighted by atomic mass is 10.1. The van der Waals surface area contributed by atoms with E-state index in [9.17, 15) is 0 Å². The summed E-state index contributed by atoms with van der Waals surface area (Å²) in [5.41, 5.74) is 3.68. The van der Waals surface area contributed by atoms with E-state index in [4.69, 9.17) is 12.2 Å². The first kappa shape index (κ1) is 9.62. The molecule has 0 atom stereocenters. The van der Waals surface area contributed by atoms with Crippen LogP contribution in [0.3, 0.4) is 0 Å². The average Bonchev–Trinajstić information content (AvgIpc) is 2.47. The van der Waals surface area contributed by atoms with Crippen molar-refractivity contribution in [2.45, 2.75) is 13.8 Å². The number of rotatable bonds is 1. The third kappa shape index (κ3) is 1.79. The second-order valence-electron chi connectivity index (χ2n) is 3.33. The topological polar surface area (TPSA) is 15.8 Å². The Kier molecular flexibility index (Phi) is 2.52. The lowest BCUT2D eigenvalue weighted by Gasteiger charge is -1.99. The van der Waals surface area contributed by atoms with Gasteiger partial charge >= 0.3 is 0 Å². The predicted octanol–water partition coefficient (Wildman–Crippen LogP) is 4.09. The molecule has 1 heterocycles. The van der Waals surface area contributed by atoms with E-state index >= 15 is 0 Å². The van der Waals surface area contributed by atoms with Crippen LogP contribution in [0.25, 0.3) is 10.4 Å². The SMILES string of the molecule is Cc1ccc(-c2sc(=S)[nH]c2C)cc1. The summed E-state index contributed by atoms with van der Waals surface area (Å²) in [6.07, 6.45) is 0. The van der Waals surface area contributed by atoms with Crippen LogP contribution in [-0.2, 0) is 0 Å². The van der Waals surface area contributed by atoms with E-state index in [0.29, 0.717) is 0 Å². The highest BCUT2D eigenvalue weighted by atomic mass is 32.1. The van der Waals surface area contributed by atoms with Crippen LogP contribution in [0.1, 0.15) is 11.3 Å². The van der Waals surface area contributed by atoms with E-state index in [1.807, 2.05) is 0 Å². The summed E-state index contributed by atoms with van der Waals surface area (Å²) in [6, 6.07) is 8.52. The minimum atomic E-state index is 0.845. The van der Waals surface area contributed by atoms with E-state index < -0.39 is 0 Å². The molecule has 1 aromatic carbocycles. The van der Waals surface area contributed by atoms with Gasteiger partial charge in [0.05, 0.1) is 4.88 Å². The Bertz CT molecular complexity index is 491. The highest BCUT2D eigenvalue weighted by Gasteiger charge is 2.03. The third-order valence-electron chi connectivity index (χ3n) is 2.14. The summed E-state index contributed by atoms with van der Waals surface area (Å²) in [7, 11) is 0. The van der Waals surface area contributed by atoms with Gasteiger partial charge in [0.1, 0.15) is 0 Å². The molecule has 1 nitrogen and oxygen atoms in total. The molecule has 0 saturated carbocycles. The maximum Gasteiger partial charge on any atom is 0.159 e. The molecule has 72 valence electrons. The molecule has 0 radical (unpaired) electrons. The number of aromatic nitrogens is 1. The lowest BCUT2D eigenvalue weighted by Crippen LogP contribution is -1.78. The largest absolute Gasteiger partial charge is 0.341 e. The van der Waals surface area contributed by atoms with Gasteiger partial charge in [0.15, 0.2) is 3.95 Å². The number of H-pyrrole nitrogens is 1. The smallest absolute Gasteiger partial charge is 0.159 e. The number of aryl methyl sites for hydroxylation is 2. The second-order valence-corrected chi connectivity index (χ2v) is 5.02. The van der Waals surface area contributed by atoms with Gasteiger partial charge in [0.25, 0.3) is 0 Å². The standard InChI is InChI=1S/C11H11NS2/c1-7-3-5-9(6-4-7)10-8(2)12-11(13)14-10/h3-6H,1-2H3,(H,12,13). The van der Waals surface area contributed by atoms with Crippen molar-refractivity contribution in [3.05, 3.63) is 39.5 Å². The van der Waals surface area contributed by atoms with Crippen LogP contribution in [0.2, 0.25) is 0 Å². The van der Waals surface area contributed by atoms with Crippen molar-refractivity contribution in [2.75, 3.05) is 0 Å². The minimum Gasteiger partial charge on any atom is -0.341 e. The molecule has 14 heavy (non-hydrogen) atoms. The molecular formula is C11H11NS2. The highest BCUT2D eigenvalue weighted by Crippen LogP contribution is 2.28. The Morgan fingerprint density at radius 1 is 1.14 bits per heavy atom. The van der Waals surface area contributed by atoms with Crippen molar-refractivity contribution in [1.29, 1.82) is 0 Å². The lowest BCUT2D eigenvalue weighted by molar-refractivity contribution is 1.25. The molecule has 2 aromatic rings. The van der Waals surface area contributed by atoms with Gasteiger partial charge in [0.2, 0.25) is 0 Å². The fraction of sp³-hybridized carbons (Fsp3) is 0.182. The molecule has 1 aromatic heterocycles. The molecular weight excluding hydrogens is 210 g/mol. The zero-order valence-electron chi connectivity index (χ0n) is 8.13. The molecule has 0 amide bonds. The minimum absolute atomic E-state index is 0.845. The third-order valence-corrected chi connectivity index (χ3v) is 3.52. The number of thiazole rings is 1. The van der Waals surface area contributed by atoms with Crippen LogP contribution in [0.5, 0.6) is 0 Å². The first-order valence-corrected chi connectivity index (χ1v) is 5.66. The predicted molar refractivity (Wildman–Crippen MR) is 64.4 cm³/mol. The van der Waals surface area contributed by atoms with Gasteiger partial charge in [-0.1, -0.05) is 29.8 Å². The first-order chi connectivity index (χ1) is 6.66. The van der Waals surface area contributed by atoms with E-state index in [1.165, 1.54) is 16.0 Å². The molecule has 0 saturated heterocycles. The van der Waals surface area contributed by atoms with Crippen molar-refractivity contribution in [1.82, 2.24) is 4.98 Å². The molecule has 0 aliphatic heterocycles. The van der Waals surface area contributed by atoms with Gasteiger partial charge in [-0.15, -0.1) is 11.3 Å². The van der Waals surface area contributed by atoms with Crippen LogP contribution < -0.4 is 0 Å². The van der Waals surface area contributed by atoms with Crippen LogP contribution in [0.4, 0.5) is 0 Å². The zero-order chi connectivity index (χ0) is 10.1. The Morgan fingerprint density at radius 3 is 2.29 bits per heavy atom. The molecule has 0 unspecified atom stereocenters. The van der Waals surface area contributed by atoms with Gasteiger partial charge in [-0.2, -0.15) is 0 Å². The monoisotopic (exact) mass is 221 g/mol. The van der Waals surface area contributed by atoms with Crippen molar-refractivity contribution >= 4 is 23.6 Å². The van der Waals surface area contributed by atoms with E-state index in [-0.39, 0.29) is 0 Å².